The fourth-order valence-electron chi connectivity index (χ4n) is 2.99. The second-order valence-corrected chi connectivity index (χ2v) is 6.16. The molecule has 1 aliphatic heterocycles. The number of esters is 1. The third kappa shape index (κ3) is 4.28. The van der Waals surface area contributed by atoms with E-state index in [9.17, 15) is 24.1 Å². The Balaban J connectivity index is 1.79. The fourth-order valence-corrected chi connectivity index (χ4v) is 2.99. The fraction of sp³-hybridized carbons (Fsp3) is 0.263. The first-order chi connectivity index (χ1) is 13.0. The van der Waals surface area contributed by atoms with E-state index in [-0.39, 0.29) is 16.8 Å². The van der Waals surface area contributed by atoms with Gasteiger partial charge in [-0.05, 0) is 31.0 Å². The van der Waals surface area contributed by atoms with E-state index in [0.29, 0.717) is 5.69 Å². The van der Waals surface area contributed by atoms with Gasteiger partial charge in [-0.15, -0.1) is 0 Å². The number of benzene rings is 2. The summed E-state index contributed by atoms with van der Waals surface area (Å²) in [6, 6.07) is 9.07. The highest BCUT2D eigenvalue weighted by molar-refractivity contribution is 6.01. The molecular weight excluding hydrogens is 355 g/mol. The number of ether oxygens (including phenoxy) is 1. The highest BCUT2D eigenvalue weighted by Crippen LogP contribution is 2.29. The van der Waals surface area contributed by atoms with Crippen molar-refractivity contribution in [1.82, 2.24) is 0 Å². The molecule has 0 radical (unpaired) electrons. The highest BCUT2D eigenvalue weighted by atomic mass is 19.1. The van der Waals surface area contributed by atoms with E-state index in [1.807, 2.05) is 4.90 Å². The summed E-state index contributed by atoms with van der Waals surface area (Å²) in [5, 5.41) is 11.0. The summed E-state index contributed by atoms with van der Waals surface area (Å²) in [4.78, 5) is 37.0. The summed E-state index contributed by atoms with van der Waals surface area (Å²) < 4.78 is 18.3. The SMILES string of the molecule is O=C(COC(=O)c1cc([N+](=O)[O-])ccc1N1CCCC1)c1cccc(F)c1. The lowest BCUT2D eigenvalue weighted by molar-refractivity contribution is -0.384. The Kier molecular flexibility index (Phi) is 5.44. The van der Waals surface area contributed by atoms with Gasteiger partial charge >= 0.3 is 5.97 Å². The minimum atomic E-state index is -0.828. The standard InChI is InChI=1S/C19H17FN2O5/c20-14-5-3-4-13(10-14)18(23)12-27-19(24)16-11-15(22(25)26)6-7-17(16)21-8-1-2-9-21/h3-7,10-11H,1-2,8-9,12H2. The van der Waals surface area contributed by atoms with Crippen molar-refractivity contribution in [2.45, 2.75) is 12.8 Å². The number of carbonyl (C=O) groups excluding carboxylic acids is 2. The predicted octanol–water partition coefficient (Wildman–Crippen LogP) is 3.37. The van der Waals surface area contributed by atoms with Crippen molar-refractivity contribution in [2.24, 2.45) is 0 Å². The van der Waals surface area contributed by atoms with E-state index in [2.05, 4.69) is 0 Å². The molecule has 8 heteroatoms. The first kappa shape index (κ1) is 18.5. The lowest BCUT2D eigenvalue weighted by Gasteiger charge is -2.20. The summed E-state index contributed by atoms with van der Waals surface area (Å²) in [6.07, 6.45) is 1.92. The molecule has 0 unspecified atom stereocenters. The zero-order valence-electron chi connectivity index (χ0n) is 14.4. The normalized spacial score (nSPS) is 13.4. The van der Waals surface area contributed by atoms with Crippen LogP contribution in [-0.2, 0) is 4.74 Å². The summed E-state index contributed by atoms with van der Waals surface area (Å²) in [5.41, 5.74) is 0.433. The van der Waals surface area contributed by atoms with E-state index >= 15 is 0 Å². The van der Waals surface area contributed by atoms with Gasteiger partial charge in [-0.25, -0.2) is 9.18 Å². The van der Waals surface area contributed by atoms with Crippen LogP contribution in [0.5, 0.6) is 0 Å². The molecule has 0 amide bonds. The number of anilines is 1. The molecule has 2 aromatic carbocycles. The van der Waals surface area contributed by atoms with Crippen molar-refractivity contribution in [2.75, 3.05) is 24.6 Å². The van der Waals surface area contributed by atoms with Crippen LogP contribution in [0.15, 0.2) is 42.5 Å². The third-order valence-electron chi connectivity index (χ3n) is 4.34. The molecule has 0 N–H and O–H groups in total. The van der Waals surface area contributed by atoms with Crippen molar-refractivity contribution in [3.05, 3.63) is 69.5 Å². The van der Waals surface area contributed by atoms with Crippen LogP contribution >= 0.6 is 0 Å². The van der Waals surface area contributed by atoms with Gasteiger partial charge in [0, 0.05) is 30.8 Å². The number of hydrogen-bond donors (Lipinski definition) is 0. The first-order valence-corrected chi connectivity index (χ1v) is 8.45. The monoisotopic (exact) mass is 372 g/mol. The van der Waals surface area contributed by atoms with Gasteiger partial charge in [0.25, 0.3) is 5.69 Å². The molecule has 140 valence electrons. The van der Waals surface area contributed by atoms with Gasteiger partial charge in [0.05, 0.1) is 16.2 Å². The van der Waals surface area contributed by atoms with Crippen molar-refractivity contribution in [1.29, 1.82) is 0 Å². The Morgan fingerprint density at radius 2 is 1.89 bits per heavy atom. The molecule has 27 heavy (non-hydrogen) atoms. The van der Waals surface area contributed by atoms with Crippen LogP contribution in [0.4, 0.5) is 15.8 Å². The van der Waals surface area contributed by atoms with Crippen LogP contribution in [0.1, 0.15) is 33.6 Å². The Hall–Kier alpha value is -3.29. The minimum absolute atomic E-state index is 0.0399. The number of hydrogen-bond acceptors (Lipinski definition) is 6. The lowest BCUT2D eigenvalue weighted by Crippen LogP contribution is -2.22. The van der Waals surface area contributed by atoms with Gasteiger partial charge in [-0.3, -0.25) is 14.9 Å². The summed E-state index contributed by atoms with van der Waals surface area (Å²) in [6.45, 7) is 0.894. The molecule has 1 saturated heterocycles. The topological polar surface area (TPSA) is 89.8 Å². The van der Waals surface area contributed by atoms with Gasteiger partial charge in [0.1, 0.15) is 5.82 Å². The van der Waals surface area contributed by atoms with Crippen LogP contribution in [0.2, 0.25) is 0 Å². The third-order valence-corrected chi connectivity index (χ3v) is 4.34. The van der Waals surface area contributed by atoms with Crippen molar-refractivity contribution < 1.29 is 23.6 Å². The van der Waals surface area contributed by atoms with Gasteiger partial charge in [-0.2, -0.15) is 0 Å². The Morgan fingerprint density at radius 3 is 2.56 bits per heavy atom. The highest BCUT2D eigenvalue weighted by Gasteiger charge is 2.24. The number of halogens is 1. The maximum absolute atomic E-state index is 13.2. The van der Waals surface area contributed by atoms with Gasteiger partial charge in [0.2, 0.25) is 0 Å². The molecular formula is C19H17FN2O5. The molecule has 0 saturated carbocycles. The first-order valence-electron chi connectivity index (χ1n) is 8.45. The van der Waals surface area contributed by atoms with Crippen molar-refractivity contribution >= 4 is 23.1 Å². The van der Waals surface area contributed by atoms with Crippen LogP contribution in [0, 0.1) is 15.9 Å². The smallest absolute Gasteiger partial charge is 0.340 e. The average Bonchev–Trinajstić information content (AvgIpc) is 3.19. The van der Waals surface area contributed by atoms with Crippen LogP contribution in [0.3, 0.4) is 0 Å². The molecule has 1 aliphatic rings. The number of nitrogens with zero attached hydrogens (tertiary/aromatic N) is 2. The molecule has 1 fully saturated rings. The van der Waals surface area contributed by atoms with Crippen LogP contribution < -0.4 is 4.90 Å². The molecule has 0 bridgehead atoms. The summed E-state index contributed by atoms with van der Waals surface area (Å²) in [5.74, 6) is -1.96. The lowest BCUT2D eigenvalue weighted by atomic mass is 10.1. The number of nitro groups is 1. The van der Waals surface area contributed by atoms with E-state index in [1.165, 1.54) is 30.3 Å². The number of rotatable bonds is 6. The number of non-ortho nitro benzene ring substituents is 1. The second kappa shape index (κ2) is 7.94. The molecule has 7 nitrogen and oxygen atoms in total. The van der Waals surface area contributed by atoms with E-state index < -0.39 is 29.1 Å². The summed E-state index contributed by atoms with van der Waals surface area (Å²) >= 11 is 0. The Morgan fingerprint density at radius 1 is 1.15 bits per heavy atom. The molecule has 2 aromatic rings. The van der Waals surface area contributed by atoms with Gasteiger partial charge in [0.15, 0.2) is 12.4 Å². The number of carbonyl (C=O) groups is 2. The Bertz CT molecular complexity index is 893. The molecule has 3 rings (SSSR count). The van der Waals surface area contributed by atoms with E-state index in [0.717, 1.165) is 38.1 Å². The summed E-state index contributed by atoms with van der Waals surface area (Å²) in [7, 11) is 0. The number of Topliss-reactive ketones (excluding diaryl/α,β-unsaturated/α-hetero) is 1. The molecule has 1 heterocycles. The largest absolute Gasteiger partial charge is 0.454 e. The van der Waals surface area contributed by atoms with Crippen LogP contribution in [0.25, 0.3) is 0 Å². The maximum Gasteiger partial charge on any atom is 0.340 e. The van der Waals surface area contributed by atoms with Gasteiger partial charge in [-0.1, -0.05) is 12.1 Å². The second-order valence-electron chi connectivity index (χ2n) is 6.16. The maximum atomic E-state index is 13.2. The number of ketones is 1. The predicted molar refractivity (Wildman–Crippen MR) is 95.6 cm³/mol. The van der Waals surface area contributed by atoms with E-state index in [4.69, 9.17) is 4.74 Å². The van der Waals surface area contributed by atoms with Gasteiger partial charge < -0.3 is 9.64 Å². The molecule has 0 spiro atoms. The van der Waals surface area contributed by atoms with E-state index in [1.54, 1.807) is 0 Å². The van der Waals surface area contributed by atoms with Crippen molar-refractivity contribution in [3.8, 4) is 0 Å². The average molecular weight is 372 g/mol. The molecule has 0 aliphatic carbocycles. The zero-order chi connectivity index (χ0) is 19.4. The van der Waals surface area contributed by atoms with Crippen molar-refractivity contribution in [3.63, 3.8) is 0 Å². The minimum Gasteiger partial charge on any atom is -0.454 e. The Labute approximate surface area is 154 Å². The zero-order valence-corrected chi connectivity index (χ0v) is 14.4. The molecule has 0 aromatic heterocycles. The van der Waals surface area contributed by atoms with Crippen LogP contribution in [-0.4, -0.2) is 36.4 Å². The quantitative estimate of drug-likeness (QED) is 0.334. The molecule has 0 atom stereocenters. The number of nitro benzene ring substituents is 1.